The van der Waals surface area contributed by atoms with Crippen LogP contribution in [-0.2, 0) is 26.0 Å². The molecule has 1 saturated heterocycles. The molecule has 0 aliphatic carbocycles. The number of aromatic nitrogens is 2. The summed E-state index contributed by atoms with van der Waals surface area (Å²) in [6, 6.07) is 1.31. The van der Waals surface area contributed by atoms with Gasteiger partial charge in [-0.2, -0.15) is 0 Å². The molecule has 0 radical (unpaired) electrons. The maximum atomic E-state index is 12.2. The van der Waals surface area contributed by atoms with Gasteiger partial charge in [0.15, 0.2) is 6.23 Å². The molecule has 1 aromatic heterocycles. The molecular formula is C13H20N2O6. The Morgan fingerprint density at radius 1 is 1.19 bits per heavy atom. The Bertz CT molecular complexity index is 595. The van der Waals surface area contributed by atoms with E-state index >= 15 is 0 Å². The van der Waals surface area contributed by atoms with Gasteiger partial charge in [-0.05, 0) is 0 Å². The summed E-state index contributed by atoms with van der Waals surface area (Å²) in [7, 11) is 6.05. The van der Waals surface area contributed by atoms with Gasteiger partial charge in [-0.25, -0.2) is 4.79 Å². The summed E-state index contributed by atoms with van der Waals surface area (Å²) < 4.78 is 24.1. The number of hydrogen-bond acceptors (Lipinski definition) is 6. The average Bonchev–Trinajstić information content (AvgIpc) is 2.82. The second kappa shape index (κ2) is 6.52. The van der Waals surface area contributed by atoms with E-state index in [1.807, 2.05) is 0 Å². The molecular weight excluding hydrogens is 280 g/mol. The number of hydrogen-bond donors (Lipinski definition) is 0. The van der Waals surface area contributed by atoms with Crippen molar-refractivity contribution >= 4 is 0 Å². The van der Waals surface area contributed by atoms with Gasteiger partial charge in [0.2, 0.25) is 0 Å². The van der Waals surface area contributed by atoms with Gasteiger partial charge < -0.3 is 18.9 Å². The third-order valence-corrected chi connectivity index (χ3v) is 3.65. The molecule has 4 atom stereocenters. The molecule has 8 nitrogen and oxygen atoms in total. The molecule has 0 bridgehead atoms. The fourth-order valence-corrected chi connectivity index (χ4v) is 2.55. The van der Waals surface area contributed by atoms with Crippen LogP contribution < -0.4 is 11.2 Å². The molecule has 8 heteroatoms. The molecule has 1 aliphatic heterocycles. The topological polar surface area (TPSA) is 80.9 Å². The lowest BCUT2D eigenvalue weighted by molar-refractivity contribution is -0.0677. The van der Waals surface area contributed by atoms with E-state index in [9.17, 15) is 9.59 Å². The molecule has 118 valence electrons. The van der Waals surface area contributed by atoms with E-state index in [2.05, 4.69) is 0 Å². The van der Waals surface area contributed by atoms with E-state index in [1.54, 1.807) is 14.2 Å². The van der Waals surface area contributed by atoms with Gasteiger partial charge in [0, 0.05) is 40.6 Å². The highest BCUT2D eigenvalue weighted by Gasteiger charge is 2.46. The zero-order chi connectivity index (χ0) is 15.6. The molecule has 0 unspecified atom stereocenters. The van der Waals surface area contributed by atoms with Crippen LogP contribution >= 0.6 is 0 Å². The Labute approximate surface area is 121 Å². The minimum Gasteiger partial charge on any atom is -0.382 e. The predicted octanol–water partition coefficient (Wildman–Crippen LogP) is -0.879. The minimum absolute atomic E-state index is 0.315. The molecule has 2 rings (SSSR count). The summed E-state index contributed by atoms with van der Waals surface area (Å²) in [6.45, 7) is 0.315. The molecule has 0 aromatic carbocycles. The van der Waals surface area contributed by atoms with E-state index in [4.69, 9.17) is 18.9 Å². The lowest BCUT2D eigenvalue weighted by Gasteiger charge is -2.22. The fraction of sp³-hybridized carbons (Fsp3) is 0.692. The van der Waals surface area contributed by atoms with E-state index < -0.39 is 18.0 Å². The highest BCUT2D eigenvalue weighted by molar-refractivity contribution is 4.95. The third kappa shape index (κ3) is 2.80. The van der Waals surface area contributed by atoms with Crippen LogP contribution in [0, 0.1) is 0 Å². The van der Waals surface area contributed by atoms with Crippen LogP contribution in [-0.4, -0.2) is 55.4 Å². The first-order valence-corrected chi connectivity index (χ1v) is 6.53. The molecule has 0 N–H and O–H groups in total. The smallest absolute Gasteiger partial charge is 0.332 e. The van der Waals surface area contributed by atoms with Crippen molar-refractivity contribution in [3.8, 4) is 0 Å². The quantitative estimate of drug-likeness (QED) is 0.702. The molecule has 2 heterocycles. The monoisotopic (exact) mass is 300 g/mol. The van der Waals surface area contributed by atoms with Crippen molar-refractivity contribution in [2.75, 3.05) is 27.9 Å². The predicted molar refractivity (Wildman–Crippen MR) is 73.3 cm³/mol. The van der Waals surface area contributed by atoms with Crippen molar-refractivity contribution in [2.45, 2.75) is 24.5 Å². The molecule has 0 amide bonds. The lowest BCUT2D eigenvalue weighted by atomic mass is 10.1. The number of rotatable bonds is 5. The number of ether oxygens (including phenoxy) is 4. The van der Waals surface area contributed by atoms with Crippen LogP contribution in [0.25, 0.3) is 0 Å². The minimum atomic E-state index is -0.681. The van der Waals surface area contributed by atoms with Crippen LogP contribution in [0.4, 0.5) is 0 Å². The van der Waals surface area contributed by atoms with E-state index in [1.165, 1.54) is 31.0 Å². The SMILES string of the molecule is COC[C@H]1O[C@@H](n2ccc(=O)n(C)c2=O)[C@H](OC)[C@@H]1OC. The Morgan fingerprint density at radius 2 is 1.86 bits per heavy atom. The van der Waals surface area contributed by atoms with Crippen LogP contribution in [0.1, 0.15) is 6.23 Å². The molecule has 1 aliphatic rings. The van der Waals surface area contributed by atoms with E-state index in [-0.39, 0.29) is 17.8 Å². The third-order valence-electron chi connectivity index (χ3n) is 3.65. The standard InChI is InChI=1S/C13H20N2O6/c1-14-9(16)5-6-15(13(14)17)12-11(20-4)10(19-3)8(21-12)7-18-2/h5-6,8,10-12H,7H2,1-4H3/t8-,10-,11-,12-/m1/s1. The zero-order valence-electron chi connectivity index (χ0n) is 12.5. The van der Waals surface area contributed by atoms with Crippen LogP contribution in [0.2, 0.25) is 0 Å². The summed E-state index contributed by atoms with van der Waals surface area (Å²) >= 11 is 0. The maximum absolute atomic E-state index is 12.2. The van der Waals surface area contributed by atoms with Gasteiger partial charge in [-0.3, -0.25) is 13.9 Å². The van der Waals surface area contributed by atoms with Crippen molar-refractivity contribution in [1.82, 2.24) is 9.13 Å². The van der Waals surface area contributed by atoms with Crippen LogP contribution in [0.3, 0.4) is 0 Å². The van der Waals surface area contributed by atoms with Crippen LogP contribution in [0.15, 0.2) is 21.9 Å². The van der Waals surface area contributed by atoms with Gasteiger partial charge in [-0.1, -0.05) is 0 Å². The molecule has 0 saturated carbocycles. The van der Waals surface area contributed by atoms with Crippen molar-refractivity contribution < 1.29 is 18.9 Å². The molecule has 0 spiro atoms. The Hall–Kier alpha value is -1.48. The second-order valence-electron chi connectivity index (χ2n) is 4.82. The fourth-order valence-electron chi connectivity index (χ4n) is 2.55. The van der Waals surface area contributed by atoms with E-state index in [0.29, 0.717) is 6.61 Å². The van der Waals surface area contributed by atoms with Gasteiger partial charge >= 0.3 is 5.69 Å². The summed E-state index contributed by atoms with van der Waals surface area (Å²) in [5.74, 6) is 0. The van der Waals surface area contributed by atoms with Crippen molar-refractivity contribution in [3.63, 3.8) is 0 Å². The Kier molecular flexibility index (Phi) is 4.94. The van der Waals surface area contributed by atoms with Crippen LogP contribution in [0.5, 0.6) is 0 Å². The summed E-state index contributed by atoms with van der Waals surface area (Å²) in [4.78, 5) is 23.7. The van der Waals surface area contributed by atoms with Crippen molar-refractivity contribution in [1.29, 1.82) is 0 Å². The van der Waals surface area contributed by atoms with Gasteiger partial charge in [0.25, 0.3) is 5.56 Å². The average molecular weight is 300 g/mol. The second-order valence-corrected chi connectivity index (χ2v) is 4.82. The summed E-state index contributed by atoms with van der Waals surface area (Å²) in [5.41, 5.74) is -0.845. The molecule has 21 heavy (non-hydrogen) atoms. The maximum Gasteiger partial charge on any atom is 0.332 e. The van der Waals surface area contributed by atoms with Gasteiger partial charge in [0.05, 0.1) is 6.61 Å². The largest absolute Gasteiger partial charge is 0.382 e. The number of nitrogens with zero attached hydrogens (tertiary/aromatic N) is 2. The zero-order valence-corrected chi connectivity index (χ0v) is 12.5. The van der Waals surface area contributed by atoms with Crippen molar-refractivity contribution in [2.24, 2.45) is 7.05 Å². The van der Waals surface area contributed by atoms with Crippen molar-refractivity contribution in [3.05, 3.63) is 33.1 Å². The molecule has 1 aromatic rings. The summed E-state index contributed by atoms with van der Waals surface area (Å²) in [5, 5.41) is 0. The Balaban J connectivity index is 2.41. The highest BCUT2D eigenvalue weighted by atomic mass is 16.6. The first kappa shape index (κ1) is 15.9. The Morgan fingerprint density at radius 3 is 2.43 bits per heavy atom. The highest BCUT2D eigenvalue weighted by Crippen LogP contribution is 2.32. The first-order valence-electron chi connectivity index (χ1n) is 6.53. The number of methoxy groups -OCH3 is 3. The molecule has 1 fully saturated rings. The first-order chi connectivity index (χ1) is 10.0. The summed E-state index contributed by atoms with van der Waals surface area (Å²) in [6.07, 6.45) is -0.489. The van der Waals surface area contributed by atoms with E-state index in [0.717, 1.165) is 4.57 Å². The normalized spacial score (nSPS) is 29.0. The lowest BCUT2D eigenvalue weighted by Crippen LogP contribution is -2.42. The van der Waals surface area contributed by atoms with Gasteiger partial charge in [-0.15, -0.1) is 0 Å². The van der Waals surface area contributed by atoms with Gasteiger partial charge in [0.1, 0.15) is 18.3 Å².